The smallest absolute Gasteiger partial charge is 0.255 e. The fraction of sp³-hybridized carbons (Fsp3) is 0.406. The molecule has 1 fully saturated rings. The van der Waals surface area contributed by atoms with Crippen LogP contribution in [0.3, 0.4) is 0 Å². The molecule has 4 heterocycles. The minimum Gasteiger partial charge on any atom is -0.344 e. The largest absolute Gasteiger partial charge is 0.344 e. The molecule has 0 spiro atoms. The topological polar surface area (TPSA) is 100 Å². The van der Waals surface area contributed by atoms with Crippen molar-refractivity contribution in [3.8, 4) is 0 Å². The number of thiophene rings is 1. The first-order valence-electron chi connectivity index (χ1n) is 14.8. The molecule has 0 bridgehead atoms. The van der Waals surface area contributed by atoms with E-state index >= 15 is 0 Å². The number of aromatic nitrogens is 3. The highest BCUT2D eigenvalue weighted by atomic mass is 32.1. The van der Waals surface area contributed by atoms with E-state index < -0.39 is 12.1 Å². The van der Waals surface area contributed by atoms with Crippen LogP contribution in [0.1, 0.15) is 65.7 Å². The van der Waals surface area contributed by atoms with Gasteiger partial charge < -0.3 is 15.1 Å². The van der Waals surface area contributed by atoms with E-state index in [2.05, 4.69) is 5.32 Å². The molecule has 0 unspecified atom stereocenters. The average molecular weight is 585 g/mol. The van der Waals surface area contributed by atoms with Crippen LogP contribution in [-0.4, -0.2) is 68.0 Å². The summed E-state index contributed by atoms with van der Waals surface area (Å²) in [6.07, 6.45) is 3.77. The van der Waals surface area contributed by atoms with Gasteiger partial charge in [0, 0.05) is 41.5 Å². The van der Waals surface area contributed by atoms with Gasteiger partial charge in [-0.1, -0.05) is 48.5 Å². The highest BCUT2D eigenvalue weighted by Gasteiger charge is 2.34. The Hall–Kier alpha value is -4.05. The van der Waals surface area contributed by atoms with Crippen molar-refractivity contribution in [1.29, 1.82) is 0 Å². The summed E-state index contributed by atoms with van der Waals surface area (Å²) in [7, 11) is 0. The first-order valence-corrected chi connectivity index (χ1v) is 15.7. The molecule has 0 radical (unpaired) electrons. The molecule has 9 nitrogen and oxygen atoms in total. The molecule has 3 amide bonds. The molecular weight excluding hydrogens is 548 g/mol. The number of hydrogen-bond acceptors (Lipinski definition) is 6. The number of carbonyl (C=O) groups excluding carboxylic acids is 3. The zero-order valence-corrected chi connectivity index (χ0v) is 24.7. The zero-order chi connectivity index (χ0) is 29.1. The van der Waals surface area contributed by atoms with Crippen LogP contribution in [0.5, 0.6) is 0 Å². The summed E-state index contributed by atoms with van der Waals surface area (Å²) < 4.78 is 2.91. The van der Waals surface area contributed by atoms with Crippen LogP contribution >= 0.6 is 11.3 Å². The van der Waals surface area contributed by atoms with E-state index in [9.17, 15) is 14.4 Å². The van der Waals surface area contributed by atoms with Crippen LogP contribution in [0.4, 0.5) is 0 Å². The van der Waals surface area contributed by atoms with E-state index in [1.54, 1.807) is 16.2 Å². The summed E-state index contributed by atoms with van der Waals surface area (Å²) in [6, 6.07) is 17.0. The van der Waals surface area contributed by atoms with Gasteiger partial charge in [0.1, 0.15) is 17.7 Å². The van der Waals surface area contributed by atoms with Gasteiger partial charge in [-0.3, -0.25) is 14.4 Å². The lowest BCUT2D eigenvalue weighted by Gasteiger charge is -2.36. The second-order valence-electron chi connectivity index (χ2n) is 11.1. The molecule has 2 aliphatic rings. The number of nitrogens with zero attached hydrogens (tertiary/aromatic N) is 5. The normalized spacial score (nSPS) is 20.5. The number of aryl methyl sites for hydroxylation is 1. The summed E-state index contributed by atoms with van der Waals surface area (Å²) in [5.41, 5.74) is 1.75. The van der Waals surface area contributed by atoms with Crippen molar-refractivity contribution in [1.82, 2.24) is 29.9 Å². The van der Waals surface area contributed by atoms with Crippen LogP contribution in [0, 0.1) is 6.92 Å². The Morgan fingerprint density at radius 3 is 2.64 bits per heavy atom. The van der Waals surface area contributed by atoms with Crippen LogP contribution in [0.2, 0.25) is 0 Å². The molecule has 0 saturated carbocycles. The van der Waals surface area contributed by atoms with Gasteiger partial charge in [0.05, 0.1) is 18.2 Å². The number of carbonyl (C=O) groups is 3. The third kappa shape index (κ3) is 5.94. The number of fused-ring (bicyclic) bond motifs is 3. The molecule has 0 aliphatic carbocycles. The fourth-order valence-electron chi connectivity index (χ4n) is 6.13. The molecule has 2 aromatic carbocycles. The highest BCUT2D eigenvalue weighted by molar-refractivity contribution is 7.17. The fourth-order valence-corrected chi connectivity index (χ4v) is 7.06. The SMILES string of the molecule is Cc1nc2n(n1)CCN(C(=O)c1csc3ccccc13)CCCC(=O)N1CCCC[C@H]1C(=O)N[C@@H]2Cc1ccccc1. The molecular formula is C32H36N6O3S. The van der Waals surface area contributed by atoms with Crippen molar-refractivity contribution in [2.75, 3.05) is 19.6 Å². The van der Waals surface area contributed by atoms with Crippen molar-refractivity contribution in [2.24, 2.45) is 0 Å². The Bertz CT molecular complexity index is 1580. The average Bonchev–Trinajstić information content (AvgIpc) is 3.61. The monoisotopic (exact) mass is 584 g/mol. The molecule has 1 saturated heterocycles. The second kappa shape index (κ2) is 12.4. The summed E-state index contributed by atoms with van der Waals surface area (Å²) in [4.78, 5) is 49.5. The van der Waals surface area contributed by atoms with Gasteiger partial charge in [-0.2, -0.15) is 5.10 Å². The quantitative estimate of drug-likeness (QED) is 0.382. The number of piperidine rings is 1. The second-order valence-corrected chi connectivity index (χ2v) is 12.0. The molecule has 6 rings (SSSR count). The standard InChI is InChI=1S/C32H36N6O3S/c1-22-33-30-26(20-23-10-3-2-4-11-23)34-31(40)27-13-7-8-17-37(27)29(39)15-9-16-36(18-19-38(30)35-22)32(41)25-21-42-28-14-6-5-12-24(25)28/h2-6,10-12,14,21,26-27H,7-9,13,15-20H2,1H3,(H,34,40)/t26-,27+/m1/s1. The Balaban J connectivity index is 1.35. The number of nitrogens with one attached hydrogen (secondary N) is 1. The van der Waals surface area contributed by atoms with Crippen molar-refractivity contribution in [2.45, 2.75) is 64.1 Å². The first kappa shape index (κ1) is 28.1. The number of benzene rings is 2. The molecule has 2 aromatic heterocycles. The van der Waals surface area contributed by atoms with Gasteiger partial charge in [0.15, 0.2) is 0 Å². The molecule has 2 atom stereocenters. The van der Waals surface area contributed by atoms with Crippen molar-refractivity contribution >= 4 is 39.1 Å². The summed E-state index contributed by atoms with van der Waals surface area (Å²) >= 11 is 1.56. The lowest BCUT2D eigenvalue weighted by molar-refractivity contribution is -0.142. The minimum atomic E-state index is -0.514. The van der Waals surface area contributed by atoms with Gasteiger partial charge in [-0.05, 0) is 50.7 Å². The Morgan fingerprint density at radius 2 is 1.79 bits per heavy atom. The van der Waals surface area contributed by atoms with E-state index in [-0.39, 0.29) is 17.7 Å². The third-order valence-corrected chi connectivity index (χ3v) is 9.21. The first-order chi connectivity index (χ1) is 20.5. The van der Waals surface area contributed by atoms with E-state index in [0.29, 0.717) is 69.1 Å². The van der Waals surface area contributed by atoms with Crippen LogP contribution in [0.25, 0.3) is 10.1 Å². The molecule has 2 aliphatic heterocycles. The maximum absolute atomic E-state index is 13.9. The highest BCUT2D eigenvalue weighted by Crippen LogP contribution is 2.28. The predicted molar refractivity (Wildman–Crippen MR) is 162 cm³/mol. The van der Waals surface area contributed by atoms with Gasteiger partial charge in [0.25, 0.3) is 5.91 Å². The summed E-state index contributed by atoms with van der Waals surface area (Å²) in [6.45, 7) is 3.69. The molecule has 218 valence electrons. The lowest BCUT2D eigenvalue weighted by Crippen LogP contribution is -2.53. The van der Waals surface area contributed by atoms with Gasteiger partial charge in [-0.15, -0.1) is 11.3 Å². The Labute approximate surface area is 249 Å². The molecule has 4 aromatic rings. The van der Waals surface area contributed by atoms with Gasteiger partial charge in [0.2, 0.25) is 11.8 Å². The van der Waals surface area contributed by atoms with E-state index in [1.807, 2.05) is 76.5 Å². The number of rotatable bonds is 3. The van der Waals surface area contributed by atoms with Crippen LogP contribution < -0.4 is 5.32 Å². The van der Waals surface area contributed by atoms with E-state index in [1.165, 1.54) is 0 Å². The minimum absolute atomic E-state index is 0.0288. The zero-order valence-electron chi connectivity index (χ0n) is 23.9. The van der Waals surface area contributed by atoms with E-state index in [4.69, 9.17) is 10.1 Å². The van der Waals surface area contributed by atoms with Crippen molar-refractivity contribution in [3.63, 3.8) is 0 Å². The summed E-state index contributed by atoms with van der Waals surface area (Å²) in [5, 5.41) is 10.8. The molecule has 10 heteroatoms. The maximum Gasteiger partial charge on any atom is 0.255 e. The van der Waals surface area contributed by atoms with Crippen LogP contribution in [-0.2, 0) is 22.6 Å². The van der Waals surface area contributed by atoms with Gasteiger partial charge >= 0.3 is 0 Å². The lowest BCUT2D eigenvalue weighted by atomic mass is 9.99. The van der Waals surface area contributed by atoms with Gasteiger partial charge in [-0.25, -0.2) is 9.67 Å². The molecule has 42 heavy (non-hydrogen) atoms. The van der Waals surface area contributed by atoms with Crippen LogP contribution in [0.15, 0.2) is 60.0 Å². The molecule has 1 N–H and O–H groups in total. The Kier molecular flexibility index (Phi) is 8.32. The van der Waals surface area contributed by atoms with E-state index in [0.717, 1.165) is 28.5 Å². The summed E-state index contributed by atoms with van der Waals surface area (Å²) in [5.74, 6) is 1.05. The Morgan fingerprint density at radius 1 is 0.976 bits per heavy atom. The maximum atomic E-state index is 13.9. The van der Waals surface area contributed by atoms with Crippen molar-refractivity contribution in [3.05, 3.63) is 82.8 Å². The number of hydrogen-bond donors (Lipinski definition) is 1. The van der Waals surface area contributed by atoms with Crippen molar-refractivity contribution < 1.29 is 14.4 Å². The third-order valence-electron chi connectivity index (χ3n) is 8.24. The number of amides is 3. The predicted octanol–water partition coefficient (Wildman–Crippen LogP) is 4.52.